The predicted molar refractivity (Wildman–Crippen MR) is 107 cm³/mol. The van der Waals surface area contributed by atoms with Crippen LogP contribution in [-0.4, -0.2) is 31.4 Å². The van der Waals surface area contributed by atoms with Crippen molar-refractivity contribution in [3.8, 4) is 11.8 Å². The van der Waals surface area contributed by atoms with Crippen LogP contribution < -0.4 is 15.0 Å². The Morgan fingerprint density at radius 1 is 1.29 bits per heavy atom. The van der Waals surface area contributed by atoms with Gasteiger partial charge in [-0.3, -0.25) is 4.79 Å². The lowest BCUT2D eigenvalue weighted by molar-refractivity contribution is -0.137. The number of amides is 1. The zero-order valence-electron chi connectivity index (χ0n) is 17.1. The predicted octanol–water partition coefficient (Wildman–Crippen LogP) is 3.84. The topological polar surface area (TPSA) is 74.6 Å². The van der Waals surface area contributed by atoms with Crippen molar-refractivity contribution >= 4 is 11.6 Å². The number of carbonyl (C=O) groups excluding carboxylic acids is 1. The normalized spacial score (nSPS) is 18.5. The molecule has 31 heavy (non-hydrogen) atoms. The molecular weight excluding hydrogens is 411 g/mol. The highest BCUT2D eigenvalue weighted by molar-refractivity contribution is 5.72. The molecule has 3 rings (SSSR count). The first-order valence-electron chi connectivity index (χ1n) is 9.67. The molecule has 1 amide bonds. The summed E-state index contributed by atoms with van der Waals surface area (Å²) in [6.07, 6.45) is -5.39. The van der Waals surface area contributed by atoms with E-state index in [9.17, 15) is 18.0 Å². The van der Waals surface area contributed by atoms with E-state index in [1.165, 1.54) is 19.1 Å². The van der Waals surface area contributed by atoms with E-state index in [0.717, 1.165) is 11.6 Å². The molecule has 2 aromatic rings. The molecule has 1 aliphatic heterocycles. The SMILES string of the molecule is CC(=O)NCc1ccc(OC[C@@H]2CN(c3ccc(C#N)c(C(F)(F)F)c3)[C@@H](C)O2)cc1. The lowest BCUT2D eigenvalue weighted by Crippen LogP contribution is -2.28. The molecule has 0 spiro atoms. The molecule has 2 atom stereocenters. The summed E-state index contributed by atoms with van der Waals surface area (Å²) in [4.78, 5) is 12.7. The molecule has 9 heteroatoms. The van der Waals surface area contributed by atoms with E-state index in [4.69, 9.17) is 14.7 Å². The summed E-state index contributed by atoms with van der Waals surface area (Å²) in [5.74, 6) is 0.515. The van der Waals surface area contributed by atoms with E-state index < -0.39 is 23.5 Å². The number of nitrogens with zero attached hydrogens (tertiary/aromatic N) is 2. The number of rotatable bonds is 6. The molecule has 1 fully saturated rings. The first kappa shape index (κ1) is 22.4. The quantitative estimate of drug-likeness (QED) is 0.749. The van der Waals surface area contributed by atoms with E-state index in [0.29, 0.717) is 24.5 Å². The molecule has 0 radical (unpaired) electrons. The van der Waals surface area contributed by atoms with Gasteiger partial charge >= 0.3 is 6.18 Å². The zero-order valence-corrected chi connectivity index (χ0v) is 17.1. The van der Waals surface area contributed by atoms with Crippen LogP contribution in [0.2, 0.25) is 0 Å². The Balaban J connectivity index is 1.61. The van der Waals surface area contributed by atoms with Crippen molar-refractivity contribution in [3.63, 3.8) is 0 Å². The van der Waals surface area contributed by atoms with Crippen LogP contribution in [0.15, 0.2) is 42.5 Å². The number of carbonyl (C=O) groups is 1. The number of ether oxygens (including phenoxy) is 2. The molecule has 0 unspecified atom stereocenters. The van der Waals surface area contributed by atoms with Crippen LogP contribution in [0.3, 0.4) is 0 Å². The number of hydrogen-bond acceptors (Lipinski definition) is 5. The average molecular weight is 433 g/mol. The van der Waals surface area contributed by atoms with Crippen molar-refractivity contribution < 1.29 is 27.4 Å². The van der Waals surface area contributed by atoms with Gasteiger partial charge in [0.15, 0.2) is 0 Å². The highest BCUT2D eigenvalue weighted by Gasteiger charge is 2.36. The van der Waals surface area contributed by atoms with Gasteiger partial charge in [0.05, 0.1) is 23.7 Å². The van der Waals surface area contributed by atoms with Crippen molar-refractivity contribution in [1.82, 2.24) is 5.32 Å². The second kappa shape index (κ2) is 9.27. The second-order valence-corrected chi connectivity index (χ2v) is 7.21. The van der Waals surface area contributed by atoms with E-state index in [1.54, 1.807) is 30.0 Å². The van der Waals surface area contributed by atoms with Crippen LogP contribution in [0.5, 0.6) is 5.75 Å². The summed E-state index contributed by atoms with van der Waals surface area (Å²) in [7, 11) is 0. The molecule has 1 saturated heterocycles. The van der Waals surface area contributed by atoms with Gasteiger partial charge in [-0.2, -0.15) is 18.4 Å². The maximum Gasteiger partial charge on any atom is 0.417 e. The second-order valence-electron chi connectivity index (χ2n) is 7.21. The zero-order chi connectivity index (χ0) is 22.6. The Morgan fingerprint density at radius 2 is 2.00 bits per heavy atom. The summed E-state index contributed by atoms with van der Waals surface area (Å²) >= 11 is 0. The van der Waals surface area contributed by atoms with Gasteiger partial charge in [-0.05, 0) is 42.8 Å². The molecule has 0 aliphatic carbocycles. The molecule has 2 aromatic carbocycles. The van der Waals surface area contributed by atoms with Crippen LogP contribution in [0.25, 0.3) is 0 Å². The van der Waals surface area contributed by atoms with Crippen molar-refractivity contribution in [2.45, 2.75) is 38.9 Å². The average Bonchev–Trinajstić information content (AvgIpc) is 3.11. The van der Waals surface area contributed by atoms with Crippen molar-refractivity contribution in [2.75, 3.05) is 18.1 Å². The first-order valence-corrected chi connectivity index (χ1v) is 9.67. The molecular formula is C22H22F3N3O3. The minimum Gasteiger partial charge on any atom is -0.491 e. The Kier molecular flexibility index (Phi) is 6.71. The van der Waals surface area contributed by atoms with Gasteiger partial charge in [-0.25, -0.2) is 0 Å². The maximum atomic E-state index is 13.3. The van der Waals surface area contributed by atoms with Crippen LogP contribution in [-0.2, 0) is 22.3 Å². The van der Waals surface area contributed by atoms with E-state index in [1.807, 2.05) is 12.1 Å². The number of nitrogens with one attached hydrogen (secondary N) is 1. The number of hydrogen-bond donors (Lipinski definition) is 1. The maximum absolute atomic E-state index is 13.3. The summed E-state index contributed by atoms with van der Waals surface area (Å²) in [6, 6.07) is 12.5. The van der Waals surface area contributed by atoms with Crippen molar-refractivity contribution in [2.24, 2.45) is 0 Å². The van der Waals surface area contributed by atoms with Crippen LogP contribution in [0.4, 0.5) is 18.9 Å². The molecule has 0 saturated carbocycles. The molecule has 0 aromatic heterocycles. The lowest BCUT2D eigenvalue weighted by atomic mass is 10.1. The fourth-order valence-corrected chi connectivity index (χ4v) is 3.33. The minimum absolute atomic E-state index is 0.109. The fourth-order valence-electron chi connectivity index (χ4n) is 3.33. The summed E-state index contributed by atoms with van der Waals surface area (Å²) in [6.45, 7) is 4.21. The summed E-state index contributed by atoms with van der Waals surface area (Å²) in [5, 5.41) is 11.7. The highest BCUT2D eigenvalue weighted by Crippen LogP contribution is 2.36. The Hall–Kier alpha value is -3.25. The van der Waals surface area contributed by atoms with Gasteiger partial charge in [0.1, 0.15) is 24.7 Å². The third-order valence-electron chi connectivity index (χ3n) is 4.89. The highest BCUT2D eigenvalue weighted by atomic mass is 19.4. The van der Waals surface area contributed by atoms with Gasteiger partial charge in [0.25, 0.3) is 0 Å². The molecule has 1 aliphatic rings. The third kappa shape index (κ3) is 5.67. The number of anilines is 1. The minimum atomic E-state index is -4.61. The van der Waals surface area contributed by atoms with Crippen LogP contribution in [0, 0.1) is 11.3 Å². The smallest absolute Gasteiger partial charge is 0.417 e. The lowest BCUT2D eigenvalue weighted by Gasteiger charge is -2.23. The van der Waals surface area contributed by atoms with E-state index in [2.05, 4.69) is 5.32 Å². The van der Waals surface area contributed by atoms with Crippen LogP contribution in [0.1, 0.15) is 30.5 Å². The van der Waals surface area contributed by atoms with Gasteiger partial charge in [-0.1, -0.05) is 12.1 Å². The number of nitriles is 1. The molecule has 0 bridgehead atoms. The molecule has 1 N–H and O–H groups in total. The van der Waals surface area contributed by atoms with Gasteiger partial charge < -0.3 is 19.7 Å². The number of halogens is 3. The molecule has 164 valence electrons. The Labute approximate surface area is 178 Å². The molecule has 6 nitrogen and oxygen atoms in total. The Morgan fingerprint density at radius 3 is 2.61 bits per heavy atom. The summed E-state index contributed by atoms with van der Waals surface area (Å²) < 4.78 is 51.4. The van der Waals surface area contributed by atoms with Gasteiger partial charge in [0.2, 0.25) is 5.91 Å². The van der Waals surface area contributed by atoms with Crippen molar-refractivity contribution in [3.05, 3.63) is 59.2 Å². The largest absolute Gasteiger partial charge is 0.491 e. The van der Waals surface area contributed by atoms with Crippen LogP contribution >= 0.6 is 0 Å². The number of alkyl halides is 3. The van der Waals surface area contributed by atoms with E-state index in [-0.39, 0.29) is 18.6 Å². The number of benzene rings is 2. The van der Waals surface area contributed by atoms with E-state index >= 15 is 0 Å². The standard InChI is InChI=1S/C22H22F3N3O3/c1-14(29)27-11-16-3-7-19(8-4-16)30-13-20-12-28(15(2)31-20)18-6-5-17(10-26)21(9-18)22(23,24)25/h3-9,15,20H,11-13H2,1-2H3,(H,27,29)/t15-,20+/m1/s1. The summed E-state index contributed by atoms with van der Waals surface area (Å²) in [5.41, 5.74) is -0.103. The van der Waals surface area contributed by atoms with Gasteiger partial charge in [0, 0.05) is 19.2 Å². The van der Waals surface area contributed by atoms with Gasteiger partial charge in [-0.15, -0.1) is 0 Å². The fraction of sp³-hybridized carbons (Fsp3) is 0.364. The third-order valence-corrected chi connectivity index (χ3v) is 4.89. The monoisotopic (exact) mass is 433 g/mol. The Bertz CT molecular complexity index is 971. The molecule has 1 heterocycles. The van der Waals surface area contributed by atoms with Crippen molar-refractivity contribution in [1.29, 1.82) is 5.26 Å². The first-order chi connectivity index (χ1) is 14.7.